The number of aryl methyl sites for hydroxylation is 1. The SMILES string of the molecule is COc1cc(NC(=O)c2c(-c3ccc(Br)s3)noc2C)cc(OC)c1. The molecule has 2 heterocycles. The van der Waals surface area contributed by atoms with Gasteiger partial charge in [0.25, 0.3) is 5.91 Å². The first-order valence-electron chi connectivity index (χ1n) is 7.28. The Bertz CT molecular complexity index is 897. The lowest BCUT2D eigenvalue weighted by molar-refractivity contribution is 0.102. The van der Waals surface area contributed by atoms with Gasteiger partial charge in [0.15, 0.2) is 0 Å². The molecule has 3 aromatic rings. The molecule has 0 radical (unpaired) electrons. The van der Waals surface area contributed by atoms with Crippen LogP contribution in [0.4, 0.5) is 5.69 Å². The second-order valence-electron chi connectivity index (χ2n) is 5.12. The molecule has 0 unspecified atom stereocenters. The van der Waals surface area contributed by atoms with Gasteiger partial charge in [0.05, 0.1) is 22.9 Å². The van der Waals surface area contributed by atoms with Gasteiger partial charge < -0.3 is 19.3 Å². The molecule has 2 aromatic heterocycles. The maximum Gasteiger partial charge on any atom is 0.261 e. The highest BCUT2D eigenvalue weighted by Gasteiger charge is 2.23. The van der Waals surface area contributed by atoms with E-state index < -0.39 is 0 Å². The number of rotatable bonds is 5. The molecule has 8 heteroatoms. The van der Waals surface area contributed by atoms with Crippen molar-refractivity contribution in [2.75, 3.05) is 19.5 Å². The lowest BCUT2D eigenvalue weighted by atomic mass is 10.1. The Morgan fingerprint density at radius 2 is 1.88 bits per heavy atom. The van der Waals surface area contributed by atoms with E-state index in [1.807, 2.05) is 12.1 Å². The molecule has 0 spiro atoms. The van der Waals surface area contributed by atoms with Crippen LogP contribution in [0.1, 0.15) is 16.1 Å². The summed E-state index contributed by atoms with van der Waals surface area (Å²) >= 11 is 4.89. The van der Waals surface area contributed by atoms with Gasteiger partial charge in [-0.05, 0) is 35.0 Å². The Labute approximate surface area is 156 Å². The highest BCUT2D eigenvalue weighted by Crippen LogP contribution is 2.34. The van der Waals surface area contributed by atoms with E-state index in [4.69, 9.17) is 14.0 Å². The van der Waals surface area contributed by atoms with Crippen LogP contribution < -0.4 is 14.8 Å². The first-order chi connectivity index (χ1) is 12.0. The molecule has 0 fully saturated rings. The second-order valence-corrected chi connectivity index (χ2v) is 7.58. The standard InChI is InChI=1S/C17H15BrN2O4S/c1-9-15(16(20-24-9)13-4-5-14(18)25-13)17(21)19-10-6-11(22-2)8-12(7-10)23-3/h4-8H,1-3H3,(H,19,21). The van der Waals surface area contributed by atoms with Gasteiger partial charge in [-0.25, -0.2) is 0 Å². The molecule has 0 bridgehead atoms. The number of hydrogen-bond donors (Lipinski definition) is 1. The Morgan fingerprint density at radius 3 is 2.44 bits per heavy atom. The van der Waals surface area contributed by atoms with Gasteiger partial charge in [-0.2, -0.15) is 0 Å². The fourth-order valence-corrected chi connectivity index (χ4v) is 3.70. The highest BCUT2D eigenvalue weighted by molar-refractivity contribution is 9.11. The molecule has 0 aliphatic carbocycles. The van der Waals surface area contributed by atoms with E-state index in [0.717, 1.165) is 8.66 Å². The minimum Gasteiger partial charge on any atom is -0.497 e. The molecule has 6 nitrogen and oxygen atoms in total. The zero-order chi connectivity index (χ0) is 18.0. The zero-order valence-electron chi connectivity index (χ0n) is 13.8. The van der Waals surface area contributed by atoms with Crippen molar-refractivity contribution in [2.45, 2.75) is 6.92 Å². The largest absolute Gasteiger partial charge is 0.497 e. The summed E-state index contributed by atoms with van der Waals surface area (Å²) in [5, 5.41) is 6.88. The van der Waals surface area contributed by atoms with Crippen molar-refractivity contribution in [1.82, 2.24) is 5.16 Å². The van der Waals surface area contributed by atoms with Crippen LogP contribution in [0.3, 0.4) is 0 Å². The third-order valence-corrected chi connectivity index (χ3v) is 5.14. The summed E-state index contributed by atoms with van der Waals surface area (Å²) in [7, 11) is 3.11. The molecular weight excluding hydrogens is 408 g/mol. The number of nitrogens with zero attached hydrogens (tertiary/aromatic N) is 1. The lowest BCUT2D eigenvalue weighted by Crippen LogP contribution is -2.13. The van der Waals surface area contributed by atoms with E-state index in [-0.39, 0.29) is 5.91 Å². The lowest BCUT2D eigenvalue weighted by Gasteiger charge is -2.10. The molecule has 0 atom stereocenters. The summed E-state index contributed by atoms with van der Waals surface area (Å²) in [6.45, 7) is 1.71. The molecule has 0 aliphatic rings. The van der Waals surface area contributed by atoms with Crippen LogP contribution in [-0.2, 0) is 0 Å². The molecule has 3 rings (SSSR count). The van der Waals surface area contributed by atoms with Crippen molar-refractivity contribution in [1.29, 1.82) is 0 Å². The Balaban J connectivity index is 1.93. The number of hydrogen-bond acceptors (Lipinski definition) is 6. The smallest absolute Gasteiger partial charge is 0.261 e. The van der Waals surface area contributed by atoms with Gasteiger partial charge in [-0.1, -0.05) is 5.16 Å². The van der Waals surface area contributed by atoms with E-state index in [1.54, 1.807) is 39.3 Å². The topological polar surface area (TPSA) is 73.6 Å². The summed E-state index contributed by atoms with van der Waals surface area (Å²) in [5.41, 5.74) is 1.47. The number of ether oxygens (including phenoxy) is 2. The summed E-state index contributed by atoms with van der Waals surface area (Å²) in [4.78, 5) is 13.6. The fraction of sp³-hybridized carbons (Fsp3) is 0.176. The number of thiophene rings is 1. The summed E-state index contributed by atoms with van der Waals surface area (Å²) in [6, 6.07) is 8.94. The molecule has 0 saturated carbocycles. The average Bonchev–Trinajstić information content (AvgIpc) is 3.19. The van der Waals surface area contributed by atoms with Crippen molar-refractivity contribution in [3.05, 3.63) is 45.4 Å². The van der Waals surface area contributed by atoms with E-state index in [1.165, 1.54) is 11.3 Å². The number of aromatic nitrogens is 1. The highest BCUT2D eigenvalue weighted by atomic mass is 79.9. The number of anilines is 1. The van der Waals surface area contributed by atoms with Gasteiger partial charge in [0.1, 0.15) is 28.5 Å². The fourth-order valence-electron chi connectivity index (χ4n) is 2.32. The van der Waals surface area contributed by atoms with Crippen molar-refractivity contribution >= 4 is 38.9 Å². The Hall–Kier alpha value is -2.32. The predicted octanol–water partition coefficient (Wildman–Crippen LogP) is 4.74. The summed E-state index contributed by atoms with van der Waals surface area (Å²) in [6.07, 6.45) is 0. The minimum atomic E-state index is -0.312. The monoisotopic (exact) mass is 422 g/mol. The Kier molecular flexibility index (Phi) is 5.10. The number of methoxy groups -OCH3 is 2. The average molecular weight is 423 g/mol. The summed E-state index contributed by atoms with van der Waals surface area (Å²) < 4.78 is 16.6. The molecule has 25 heavy (non-hydrogen) atoms. The molecule has 1 N–H and O–H groups in total. The molecular formula is C17H15BrN2O4S. The number of benzene rings is 1. The van der Waals surface area contributed by atoms with Crippen LogP contribution in [0.5, 0.6) is 11.5 Å². The van der Waals surface area contributed by atoms with Crippen LogP contribution in [0.25, 0.3) is 10.6 Å². The maximum atomic E-state index is 12.8. The van der Waals surface area contributed by atoms with Crippen molar-refractivity contribution in [3.8, 4) is 22.1 Å². The van der Waals surface area contributed by atoms with E-state index >= 15 is 0 Å². The van der Waals surface area contributed by atoms with Crippen LogP contribution in [0, 0.1) is 6.92 Å². The van der Waals surface area contributed by atoms with Crippen molar-refractivity contribution in [3.63, 3.8) is 0 Å². The molecule has 130 valence electrons. The molecule has 1 amide bonds. The summed E-state index contributed by atoms with van der Waals surface area (Å²) in [5.74, 6) is 1.30. The van der Waals surface area contributed by atoms with Crippen molar-refractivity contribution in [2.24, 2.45) is 0 Å². The van der Waals surface area contributed by atoms with Gasteiger partial charge in [0, 0.05) is 23.9 Å². The van der Waals surface area contributed by atoms with Gasteiger partial charge in [-0.15, -0.1) is 11.3 Å². The molecule has 0 saturated heterocycles. The minimum absolute atomic E-state index is 0.312. The van der Waals surface area contributed by atoms with Crippen LogP contribution in [0.15, 0.2) is 38.6 Å². The quantitative estimate of drug-likeness (QED) is 0.642. The third-order valence-electron chi connectivity index (χ3n) is 3.51. The number of carbonyl (C=O) groups is 1. The Morgan fingerprint density at radius 1 is 1.20 bits per heavy atom. The number of amides is 1. The second kappa shape index (κ2) is 7.28. The van der Waals surface area contributed by atoms with Gasteiger partial charge in [0.2, 0.25) is 0 Å². The number of carbonyl (C=O) groups excluding carboxylic acids is 1. The van der Waals surface area contributed by atoms with Crippen LogP contribution >= 0.6 is 27.3 Å². The van der Waals surface area contributed by atoms with Gasteiger partial charge in [-0.3, -0.25) is 4.79 Å². The van der Waals surface area contributed by atoms with E-state index in [2.05, 4.69) is 26.4 Å². The zero-order valence-corrected chi connectivity index (χ0v) is 16.2. The van der Waals surface area contributed by atoms with Crippen LogP contribution in [0.2, 0.25) is 0 Å². The van der Waals surface area contributed by atoms with E-state index in [0.29, 0.717) is 34.2 Å². The molecule has 1 aromatic carbocycles. The number of nitrogens with one attached hydrogen (secondary N) is 1. The maximum absolute atomic E-state index is 12.8. The van der Waals surface area contributed by atoms with Crippen molar-refractivity contribution < 1.29 is 18.8 Å². The van der Waals surface area contributed by atoms with E-state index in [9.17, 15) is 4.79 Å². The molecule has 0 aliphatic heterocycles. The predicted molar refractivity (Wildman–Crippen MR) is 99.8 cm³/mol. The first-order valence-corrected chi connectivity index (χ1v) is 8.89. The third kappa shape index (κ3) is 3.69. The first kappa shape index (κ1) is 17.5. The normalized spacial score (nSPS) is 10.6. The van der Waals surface area contributed by atoms with Gasteiger partial charge >= 0.3 is 0 Å². The number of halogens is 1. The van der Waals surface area contributed by atoms with Crippen LogP contribution in [-0.4, -0.2) is 25.3 Å².